The minimum absolute atomic E-state index is 0. The number of rotatable bonds is 6. The second-order valence-electron chi connectivity index (χ2n) is 6.64. The Morgan fingerprint density at radius 2 is 1.83 bits per heavy atom. The fraction of sp³-hybridized carbons (Fsp3) is 0.350. The van der Waals surface area contributed by atoms with Gasteiger partial charge in [0.25, 0.3) is 5.91 Å². The second kappa shape index (κ2) is 12.4. The third kappa shape index (κ3) is 7.61. The van der Waals surface area contributed by atoms with Crippen molar-refractivity contribution in [2.75, 3.05) is 23.7 Å². The van der Waals surface area contributed by atoms with Crippen LogP contribution in [0.25, 0.3) is 0 Å². The molecule has 1 fully saturated rings. The van der Waals surface area contributed by atoms with E-state index in [0.717, 1.165) is 32.4 Å². The van der Waals surface area contributed by atoms with Crippen LogP contribution in [-0.4, -0.2) is 29.9 Å². The van der Waals surface area contributed by atoms with Crippen molar-refractivity contribution < 1.29 is 14.0 Å². The normalized spacial score (nSPS) is 13.6. The van der Waals surface area contributed by atoms with Crippen LogP contribution >= 0.6 is 24.8 Å². The van der Waals surface area contributed by atoms with Gasteiger partial charge in [-0.25, -0.2) is 4.39 Å². The summed E-state index contributed by atoms with van der Waals surface area (Å²) in [6, 6.07) is 8.86. The third-order valence-electron chi connectivity index (χ3n) is 4.64. The smallest absolute Gasteiger partial charge is 0.274 e. The summed E-state index contributed by atoms with van der Waals surface area (Å²) in [7, 11) is 0. The summed E-state index contributed by atoms with van der Waals surface area (Å²) in [6.45, 7) is 1.97. The molecule has 0 bridgehead atoms. The van der Waals surface area contributed by atoms with Gasteiger partial charge in [0.2, 0.25) is 5.91 Å². The molecule has 1 aromatic heterocycles. The molecule has 2 aromatic rings. The van der Waals surface area contributed by atoms with Gasteiger partial charge in [-0.2, -0.15) is 0 Å². The summed E-state index contributed by atoms with van der Waals surface area (Å²) in [5.41, 5.74) is 0.821. The number of nitrogens with zero attached hydrogens (tertiary/aromatic N) is 1. The number of hydrogen-bond acceptors (Lipinski definition) is 4. The van der Waals surface area contributed by atoms with Crippen molar-refractivity contribution >= 4 is 48.0 Å². The number of amides is 2. The summed E-state index contributed by atoms with van der Waals surface area (Å²) in [6.07, 6.45) is 4.83. The monoisotopic (exact) mass is 442 g/mol. The maximum atomic E-state index is 13.7. The minimum Gasteiger partial charge on any atom is -0.324 e. The number of nitrogens with one attached hydrogen (secondary N) is 3. The highest BCUT2D eigenvalue weighted by atomic mass is 35.5. The van der Waals surface area contributed by atoms with Gasteiger partial charge in [0.05, 0.1) is 11.4 Å². The van der Waals surface area contributed by atoms with Gasteiger partial charge in [-0.3, -0.25) is 14.6 Å². The molecule has 158 valence electrons. The maximum Gasteiger partial charge on any atom is 0.274 e. The SMILES string of the molecule is Cl.Cl.O=C(CCC1CCNCC1)Nc1cc(F)ccc1NC(=O)c1ccccn1. The van der Waals surface area contributed by atoms with E-state index in [-0.39, 0.29) is 42.1 Å². The lowest BCUT2D eigenvalue weighted by molar-refractivity contribution is -0.116. The molecule has 1 saturated heterocycles. The molecule has 0 atom stereocenters. The van der Waals surface area contributed by atoms with E-state index in [2.05, 4.69) is 20.9 Å². The van der Waals surface area contributed by atoms with Crippen LogP contribution in [0.3, 0.4) is 0 Å². The van der Waals surface area contributed by atoms with E-state index >= 15 is 0 Å². The molecule has 1 aliphatic rings. The molecule has 3 N–H and O–H groups in total. The van der Waals surface area contributed by atoms with Crippen molar-refractivity contribution in [3.63, 3.8) is 0 Å². The van der Waals surface area contributed by atoms with Crippen molar-refractivity contribution in [3.05, 3.63) is 54.1 Å². The van der Waals surface area contributed by atoms with E-state index in [1.165, 1.54) is 24.4 Å². The maximum absolute atomic E-state index is 13.7. The van der Waals surface area contributed by atoms with Gasteiger partial charge in [0.15, 0.2) is 0 Å². The number of aromatic nitrogens is 1. The summed E-state index contributed by atoms with van der Waals surface area (Å²) < 4.78 is 13.7. The standard InChI is InChI=1S/C20H23FN4O2.2ClH/c21-15-5-6-16(25-20(27)17-3-1-2-10-23-17)18(13-15)24-19(26)7-4-14-8-11-22-12-9-14;;/h1-3,5-6,10,13-14,22H,4,7-9,11-12H2,(H,24,26)(H,25,27);2*1H. The molecule has 9 heteroatoms. The molecule has 0 unspecified atom stereocenters. The lowest BCUT2D eigenvalue weighted by Gasteiger charge is -2.22. The Hall–Kier alpha value is -2.22. The van der Waals surface area contributed by atoms with Crippen molar-refractivity contribution in [3.8, 4) is 0 Å². The predicted molar refractivity (Wildman–Crippen MR) is 117 cm³/mol. The number of carbonyl (C=O) groups is 2. The Morgan fingerprint density at radius 3 is 2.52 bits per heavy atom. The zero-order valence-electron chi connectivity index (χ0n) is 15.8. The predicted octanol–water partition coefficient (Wildman–Crippen LogP) is 4.03. The Bertz CT molecular complexity index is 802. The van der Waals surface area contributed by atoms with E-state index < -0.39 is 11.7 Å². The first-order chi connectivity index (χ1) is 13.1. The van der Waals surface area contributed by atoms with E-state index in [4.69, 9.17) is 0 Å². The highest BCUT2D eigenvalue weighted by Gasteiger charge is 2.16. The topological polar surface area (TPSA) is 83.1 Å². The number of halogens is 3. The molecule has 6 nitrogen and oxygen atoms in total. The summed E-state index contributed by atoms with van der Waals surface area (Å²) >= 11 is 0. The summed E-state index contributed by atoms with van der Waals surface area (Å²) in [5.74, 6) is -0.563. The largest absolute Gasteiger partial charge is 0.324 e. The van der Waals surface area contributed by atoms with E-state index in [1.54, 1.807) is 18.2 Å². The van der Waals surface area contributed by atoms with Gasteiger partial charge in [0, 0.05) is 12.6 Å². The van der Waals surface area contributed by atoms with Crippen LogP contribution in [0.5, 0.6) is 0 Å². The second-order valence-corrected chi connectivity index (χ2v) is 6.64. The van der Waals surface area contributed by atoms with Crippen LogP contribution in [0.1, 0.15) is 36.2 Å². The van der Waals surface area contributed by atoms with Crippen LogP contribution in [0, 0.1) is 11.7 Å². The molecular formula is C20H25Cl2FN4O2. The van der Waals surface area contributed by atoms with Gasteiger partial charge in [-0.05, 0) is 68.6 Å². The van der Waals surface area contributed by atoms with Crippen LogP contribution < -0.4 is 16.0 Å². The highest BCUT2D eigenvalue weighted by molar-refractivity contribution is 6.06. The fourth-order valence-corrected chi connectivity index (χ4v) is 3.13. The van der Waals surface area contributed by atoms with E-state index in [1.807, 2.05) is 0 Å². The van der Waals surface area contributed by atoms with Crippen LogP contribution in [0.2, 0.25) is 0 Å². The number of hydrogen-bond donors (Lipinski definition) is 3. The number of benzene rings is 1. The van der Waals surface area contributed by atoms with Gasteiger partial charge >= 0.3 is 0 Å². The van der Waals surface area contributed by atoms with Crippen molar-refractivity contribution in [2.24, 2.45) is 5.92 Å². The Labute approximate surface area is 181 Å². The summed E-state index contributed by atoms with van der Waals surface area (Å²) in [5, 5.41) is 8.69. The van der Waals surface area contributed by atoms with Gasteiger partial charge < -0.3 is 16.0 Å². The van der Waals surface area contributed by atoms with Crippen LogP contribution in [0.15, 0.2) is 42.6 Å². The minimum atomic E-state index is -0.487. The zero-order valence-corrected chi connectivity index (χ0v) is 17.5. The lowest BCUT2D eigenvalue weighted by atomic mass is 9.93. The fourth-order valence-electron chi connectivity index (χ4n) is 3.13. The molecule has 1 aliphatic heterocycles. The molecule has 2 amide bonds. The number of piperidine rings is 1. The van der Waals surface area contributed by atoms with Gasteiger partial charge in [0.1, 0.15) is 11.5 Å². The Balaban J connectivity index is 0.00000210. The molecular weight excluding hydrogens is 418 g/mol. The summed E-state index contributed by atoms with van der Waals surface area (Å²) in [4.78, 5) is 28.6. The Morgan fingerprint density at radius 1 is 1.07 bits per heavy atom. The van der Waals surface area contributed by atoms with Crippen molar-refractivity contribution in [2.45, 2.75) is 25.7 Å². The molecule has 0 saturated carbocycles. The van der Waals surface area contributed by atoms with Crippen molar-refractivity contribution in [1.82, 2.24) is 10.3 Å². The third-order valence-corrected chi connectivity index (χ3v) is 4.64. The lowest BCUT2D eigenvalue weighted by Crippen LogP contribution is -2.28. The molecule has 3 rings (SSSR count). The quantitative estimate of drug-likeness (QED) is 0.630. The average molecular weight is 443 g/mol. The Kier molecular flexibility index (Phi) is 10.6. The number of carbonyl (C=O) groups excluding carboxylic acids is 2. The van der Waals surface area contributed by atoms with Crippen LogP contribution in [-0.2, 0) is 4.79 Å². The molecule has 2 heterocycles. The molecule has 0 aliphatic carbocycles. The average Bonchev–Trinajstić information content (AvgIpc) is 2.70. The first-order valence-corrected chi connectivity index (χ1v) is 9.14. The van der Waals surface area contributed by atoms with Gasteiger partial charge in [-0.15, -0.1) is 24.8 Å². The van der Waals surface area contributed by atoms with E-state index in [0.29, 0.717) is 18.0 Å². The zero-order chi connectivity index (χ0) is 19.1. The molecule has 0 spiro atoms. The number of pyridine rings is 1. The number of anilines is 2. The molecule has 29 heavy (non-hydrogen) atoms. The first kappa shape index (κ1) is 24.8. The van der Waals surface area contributed by atoms with Crippen LogP contribution in [0.4, 0.5) is 15.8 Å². The van der Waals surface area contributed by atoms with E-state index in [9.17, 15) is 14.0 Å². The van der Waals surface area contributed by atoms with Crippen molar-refractivity contribution in [1.29, 1.82) is 0 Å². The first-order valence-electron chi connectivity index (χ1n) is 9.14. The molecule has 1 aromatic carbocycles. The highest BCUT2D eigenvalue weighted by Crippen LogP contribution is 2.24. The molecule has 0 radical (unpaired) electrons. The van der Waals surface area contributed by atoms with Gasteiger partial charge in [-0.1, -0.05) is 6.07 Å².